The van der Waals surface area contributed by atoms with E-state index < -0.39 is 36.4 Å². The van der Waals surface area contributed by atoms with E-state index in [-0.39, 0.29) is 6.61 Å². The first-order chi connectivity index (χ1) is 11.5. The van der Waals surface area contributed by atoms with Gasteiger partial charge in [0.15, 0.2) is 6.29 Å². The molecular formula is C17H23NO6. The van der Waals surface area contributed by atoms with E-state index in [1.165, 1.54) is 21.1 Å². The number of ether oxygens (including phenoxy) is 3. The summed E-state index contributed by atoms with van der Waals surface area (Å²) in [5, 5.41) is 10.2. The van der Waals surface area contributed by atoms with Crippen molar-refractivity contribution in [1.29, 1.82) is 0 Å². The molecule has 1 aromatic rings. The SMILES string of the molecule is COC(OC)[C@H](O)[C@@H](C)C(=O)N1C(=O)OCC1Cc1ccccc1. The Labute approximate surface area is 141 Å². The van der Waals surface area contributed by atoms with Gasteiger partial charge in [-0.15, -0.1) is 0 Å². The van der Waals surface area contributed by atoms with Gasteiger partial charge in [0.25, 0.3) is 0 Å². The minimum atomic E-state index is -1.20. The van der Waals surface area contributed by atoms with Gasteiger partial charge >= 0.3 is 6.09 Å². The molecule has 2 amide bonds. The zero-order chi connectivity index (χ0) is 17.7. The number of aliphatic hydroxyl groups excluding tert-OH is 1. The zero-order valence-corrected chi connectivity index (χ0v) is 14.0. The molecule has 0 saturated carbocycles. The first kappa shape index (κ1) is 18.4. The van der Waals surface area contributed by atoms with Gasteiger partial charge in [0.1, 0.15) is 12.7 Å². The molecule has 1 heterocycles. The molecule has 0 aliphatic carbocycles. The summed E-state index contributed by atoms with van der Waals surface area (Å²) in [5.41, 5.74) is 0.999. The van der Waals surface area contributed by atoms with Crippen molar-refractivity contribution in [2.45, 2.75) is 31.8 Å². The number of carbonyl (C=O) groups excluding carboxylic acids is 2. The number of rotatable bonds is 7. The van der Waals surface area contributed by atoms with E-state index in [0.29, 0.717) is 6.42 Å². The van der Waals surface area contributed by atoms with Crippen LogP contribution in [-0.4, -0.2) is 61.3 Å². The Hall–Kier alpha value is -1.96. The van der Waals surface area contributed by atoms with Crippen LogP contribution in [0.1, 0.15) is 12.5 Å². The molecule has 0 aromatic heterocycles. The van der Waals surface area contributed by atoms with Crippen LogP contribution in [0.5, 0.6) is 0 Å². The second kappa shape index (κ2) is 8.23. The second-order valence-electron chi connectivity index (χ2n) is 5.75. The highest BCUT2D eigenvalue weighted by molar-refractivity contribution is 5.95. The number of hydrogen-bond donors (Lipinski definition) is 1. The Bertz CT molecular complexity index is 559. The number of aliphatic hydroxyl groups is 1. The largest absolute Gasteiger partial charge is 0.447 e. The summed E-state index contributed by atoms with van der Waals surface area (Å²) >= 11 is 0. The molecule has 132 valence electrons. The number of nitrogens with zero attached hydrogens (tertiary/aromatic N) is 1. The van der Waals surface area contributed by atoms with E-state index >= 15 is 0 Å². The summed E-state index contributed by atoms with van der Waals surface area (Å²) in [5.74, 6) is -1.39. The quantitative estimate of drug-likeness (QED) is 0.753. The molecule has 1 aliphatic heterocycles. The van der Waals surface area contributed by atoms with Crippen LogP contribution in [0.3, 0.4) is 0 Å². The van der Waals surface area contributed by atoms with Crippen LogP contribution in [0.25, 0.3) is 0 Å². The van der Waals surface area contributed by atoms with Crippen molar-refractivity contribution >= 4 is 12.0 Å². The molecule has 1 N–H and O–H groups in total. The highest BCUT2D eigenvalue weighted by atomic mass is 16.7. The summed E-state index contributed by atoms with van der Waals surface area (Å²) in [6.07, 6.45) is -2.33. The van der Waals surface area contributed by atoms with E-state index in [4.69, 9.17) is 14.2 Å². The normalized spacial score (nSPS) is 20.1. The first-order valence-electron chi connectivity index (χ1n) is 7.77. The molecule has 3 atom stereocenters. The van der Waals surface area contributed by atoms with Crippen LogP contribution in [0, 0.1) is 5.92 Å². The van der Waals surface area contributed by atoms with Gasteiger partial charge in [-0.25, -0.2) is 9.69 Å². The Morgan fingerprint density at radius 2 is 1.96 bits per heavy atom. The van der Waals surface area contributed by atoms with Gasteiger partial charge in [0, 0.05) is 14.2 Å². The molecule has 1 aromatic carbocycles. The lowest BCUT2D eigenvalue weighted by Crippen LogP contribution is -2.48. The standard InChI is InChI=1S/C17H23NO6/c1-11(14(19)16(22-2)23-3)15(20)18-13(10-24-17(18)21)9-12-7-5-4-6-8-12/h4-8,11,13-14,16,19H,9-10H2,1-3H3/t11-,13?,14-/m1/s1. The molecule has 1 fully saturated rings. The van der Waals surface area contributed by atoms with Crippen molar-refractivity contribution in [2.75, 3.05) is 20.8 Å². The molecule has 0 bridgehead atoms. The van der Waals surface area contributed by atoms with Gasteiger partial charge in [-0.2, -0.15) is 0 Å². The van der Waals surface area contributed by atoms with Gasteiger partial charge < -0.3 is 19.3 Å². The van der Waals surface area contributed by atoms with Crippen LogP contribution in [-0.2, 0) is 25.4 Å². The third kappa shape index (κ3) is 3.92. The molecule has 0 spiro atoms. The summed E-state index contributed by atoms with van der Waals surface area (Å²) in [4.78, 5) is 25.8. The van der Waals surface area contributed by atoms with Crippen LogP contribution in [0.4, 0.5) is 4.79 Å². The van der Waals surface area contributed by atoms with Crippen LogP contribution < -0.4 is 0 Å². The van der Waals surface area contributed by atoms with Crippen LogP contribution in [0.15, 0.2) is 30.3 Å². The fourth-order valence-corrected chi connectivity index (χ4v) is 2.74. The van der Waals surface area contributed by atoms with E-state index in [9.17, 15) is 14.7 Å². The lowest BCUT2D eigenvalue weighted by atomic mass is 10.00. The van der Waals surface area contributed by atoms with Crippen molar-refractivity contribution < 1.29 is 28.9 Å². The van der Waals surface area contributed by atoms with Crippen LogP contribution >= 0.6 is 0 Å². The van der Waals surface area contributed by atoms with Crippen LogP contribution in [0.2, 0.25) is 0 Å². The monoisotopic (exact) mass is 337 g/mol. The van der Waals surface area contributed by atoms with Crippen molar-refractivity contribution in [3.8, 4) is 0 Å². The topological polar surface area (TPSA) is 85.3 Å². The predicted octanol–water partition coefficient (Wildman–Crippen LogP) is 1.19. The fourth-order valence-electron chi connectivity index (χ4n) is 2.74. The number of benzene rings is 1. The molecule has 1 unspecified atom stereocenters. The van der Waals surface area contributed by atoms with E-state index in [0.717, 1.165) is 10.5 Å². The second-order valence-corrected chi connectivity index (χ2v) is 5.75. The molecular weight excluding hydrogens is 314 g/mol. The average molecular weight is 337 g/mol. The number of amides is 2. The third-order valence-corrected chi connectivity index (χ3v) is 4.16. The maximum Gasteiger partial charge on any atom is 0.416 e. The number of imide groups is 1. The van der Waals surface area contributed by atoms with Crippen molar-refractivity contribution in [3.05, 3.63) is 35.9 Å². The number of carbonyl (C=O) groups is 2. The van der Waals surface area contributed by atoms with Gasteiger partial charge in [-0.1, -0.05) is 37.3 Å². The molecule has 0 radical (unpaired) electrons. The summed E-state index contributed by atoms with van der Waals surface area (Å²) in [6.45, 7) is 1.67. The summed E-state index contributed by atoms with van der Waals surface area (Å²) < 4.78 is 15.0. The van der Waals surface area contributed by atoms with Crippen molar-refractivity contribution in [2.24, 2.45) is 5.92 Å². The Balaban J connectivity index is 2.11. The molecule has 2 rings (SSSR count). The zero-order valence-electron chi connectivity index (χ0n) is 14.0. The van der Waals surface area contributed by atoms with Gasteiger partial charge in [0.05, 0.1) is 12.0 Å². The van der Waals surface area contributed by atoms with Gasteiger partial charge in [0.2, 0.25) is 5.91 Å². The predicted molar refractivity (Wildman–Crippen MR) is 85.1 cm³/mol. The maximum atomic E-state index is 12.7. The smallest absolute Gasteiger partial charge is 0.416 e. The highest BCUT2D eigenvalue weighted by Crippen LogP contribution is 2.22. The average Bonchev–Trinajstić information content (AvgIpc) is 2.95. The van der Waals surface area contributed by atoms with Gasteiger partial charge in [-0.05, 0) is 12.0 Å². The molecule has 24 heavy (non-hydrogen) atoms. The number of methoxy groups -OCH3 is 2. The Morgan fingerprint density at radius 3 is 2.54 bits per heavy atom. The molecule has 1 aliphatic rings. The van der Waals surface area contributed by atoms with Gasteiger partial charge in [-0.3, -0.25) is 4.79 Å². The lowest BCUT2D eigenvalue weighted by molar-refractivity contribution is -0.183. The highest BCUT2D eigenvalue weighted by Gasteiger charge is 2.42. The number of cyclic esters (lactones) is 1. The van der Waals surface area contributed by atoms with E-state index in [2.05, 4.69) is 0 Å². The van der Waals surface area contributed by atoms with E-state index in [1.807, 2.05) is 30.3 Å². The maximum absolute atomic E-state index is 12.7. The molecule has 1 saturated heterocycles. The number of hydrogen-bond acceptors (Lipinski definition) is 6. The van der Waals surface area contributed by atoms with Crippen molar-refractivity contribution in [1.82, 2.24) is 4.90 Å². The summed E-state index contributed by atoms with van der Waals surface area (Å²) in [7, 11) is 2.74. The molecule has 7 nitrogen and oxygen atoms in total. The summed E-state index contributed by atoms with van der Waals surface area (Å²) in [6, 6.07) is 9.15. The first-order valence-corrected chi connectivity index (χ1v) is 7.77. The fraction of sp³-hybridized carbons (Fsp3) is 0.529. The Morgan fingerprint density at radius 1 is 1.33 bits per heavy atom. The minimum Gasteiger partial charge on any atom is -0.447 e. The third-order valence-electron chi connectivity index (χ3n) is 4.16. The van der Waals surface area contributed by atoms with Crippen molar-refractivity contribution in [3.63, 3.8) is 0 Å². The minimum absolute atomic E-state index is 0.139. The van der Waals surface area contributed by atoms with E-state index in [1.54, 1.807) is 0 Å². The Kier molecular flexibility index (Phi) is 6.30. The molecule has 7 heteroatoms. The lowest BCUT2D eigenvalue weighted by Gasteiger charge is -2.28.